The van der Waals surface area contributed by atoms with Crippen LogP contribution in [-0.4, -0.2) is 34.5 Å². The van der Waals surface area contributed by atoms with E-state index in [2.05, 4.69) is 5.73 Å². The van der Waals surface area contributed by atoms with Gasteiger partial charge in [0.1, 0.15) is 11.9 Å². The Kier molecular flexibility index (Phi) is 7.34. The van der Waals surface area contributed by atoms with E-state index in [-0.39, 0.29) is 25.1 Å². The fraction of sp³-hybridized carbons (Fsp3) is 0.769. The van der Waals surface area contributed by atoms with Crippen molar-refractivity contribution in [2.45, 2.75) is 39.5 Å². The standard InChI is InChI=1S/C13H23O6PS/c1-4-17-20(14,18-5-2)13(11-19-21(3,15)16)10-12-8-6-7-9-12/h4-9,11H2,1-3H3. The molecule has 0 aromatic rings. The summed E-state index contributed by atoms with van der Waals surface area (Å²) < 4.78 is 50.4. The third-order valence-electron chi connectivity index (χ3n) is 2.87. The van der Waals surface area contributed by atoms with E-state index in [1.165, 1.54) is 0 Å². The van der Waals surface area contributed by atoms with E-state index in [1.54, 1.807) is 13.8 Å². The monoisotopic (exact) mass is 338 g/mol. The molecule has 1 fully saturated rings. The predicted octanol–water partition coefficient (Wildman–Crippen LogP) is 3.21. The molecule has 0 bridgehead atoms. The van der Waals surface area contributed by atoms with Gasteiger partial charge >= 0.3 is 7.60 Å². The van der Waals surface area contributed by atoms with Gasteiger partial charge in [0.2, 0.25) is 0 Å². The minimum absolute atomic E-state index is 0.147. The molecule has 122 valence electrons. The first-order valence-electron chi connectivity index (χ1n) is 7.02. The minimum Gasteiger partial charge on any atom is -0.305 e. The lowest BCUT2D eigenvalue weighted by atomic mass is 10.2. The van der Waals surface area contributed by atoms with Crippen LogP contribution < -0.4 is 0 Å². The van der Waals surface area contributed by atoms with E-state index in [1.807, 2.05) is 0 Å². The highest BCUT2D eigenvalue weighted by Gasteiger charge is 2.31. The number of rotatable bonds is 8. The van der Waals surface area contributed by atoms with Crippen LogP contribution in [0.3, 0.4) is 0 Å². The Morgan fingerprint density at radius 1 is 1.19 bits per heavy atom. The first-order chi connectivity index (χ1) is 9.80. The molecule has 0 amide bonds. The molecule has 0 saturated heterocycles. The fourth-order valence-electron chi connectivity index (χ4n) is 2.01. The van der Waals surface area contributed by atoms with Crippen LogP contribution in [0.2, 0.25) is 0 Å². The molecule has 1 saturated carbocycles. The van der Waals surface area contributed by atoms with Gasteiger partial charge in [-0.15, -0.1) is 5.73 Å². The molecular weight excluding hydrogens is 315 g/mol. The van der Waals surface area contributed by atoms with E-state index in [0.29, 0.717) is 0 Å². The molecule has 21 heavy (non-hydrogen) atoms. The van der Waals surface area contributed by atoms with Crippen LogP contribution in [-0.2, 0) is 27.9 Å². The molecule has 6 nitrogen and oxygen atoms in total. The summed E-state index contributed by atoms with van der Waals surface area (Å²) in [6, 6.07) is 0. The van der Waals surface area contributed by atoms with Crippen LogP contribution in [0, 0.1) is 0 Å². The van der Waals surface area contributed by atoms with E-state index in [0.717, 1.165) is 37.5 Å². The zero-order valence-electron chi connectivity index (χ0n) is 12.8. The van der Waals surface area contributed by atoms with E-state index >= 15 is 0 Å². The molecule has 0 spiro atoms. The maximum absolute atomic E-state index is 12.8. The van der Waals surface area contributed by atoms with Crippen LogP contribution in [0.4, 0.5) is 0 Å². The highest BCUT2D eigenvalue weighted by atomic mass is 32.2. The van der Waals surface area contributed by atoms with Crippen molar-refractivity contribution in [1.29, 1.82) is 0 Å². The summed E-state index contributed by atoms with van der Waals surface area (Å²) in [6.45, 7) is 3.42. The zero-order chi connectivity index (χ0) is 15.9. The normalized spacial score (nSPS) is 16.0. The molecule has 0 unspecified atom stereocenters. The van der Waals surface area contributed by atoms with Gasteiger partial charge in [-0.2, -0.15) is 8.42 Å². The number of hydrogen-bond donors (Lipinski definition) is 0. The molecule has 0 N–H and O–H groups in total. The molecule has 1 rings (SSSR count). The van der Waals surface area contributed by atoms with Crippen LogP contribution in [0.5, 0.6) is 0 Å². The van der Waals surface area contributed by atoms with Crippen LogP contribution >= 0.6 is 7.60 Å². The highest BCUT2D eigenvalue weighted by molar-refractivity contribution is 7.86. The first-order valence-corrected chi connectivity index (χ1v) is 10.4. The average molecular weight is 338 g/mol. The Morgan fingerprint density at radius 2 is 1.71 bits per heavy atom. The van der Waals surface area contributed by atoms with Gasteiger partial charge in [-0.3, -0.25) is 8.75 Å². The Hall–Kier alpha value is -0.420. The predicted molar refractivity (Wildman–Crippen MR) is 80.7 cm³/mol. The maximum atomic E-state index is 12.8. The van der Waals surface area contributed by atoms with Crippen molar-refractivity contribution in [1.82, 2.24) is 0 Å². The summed E-state index contributed by atoms with van der Waals surface area (Å²) >= 11 is 0. The Morgan fingerprint density at radius 3 is 2.14 bits per heavy atom. The topological polar surface area (TPSA) is 78.9 Å². The molecule has 1 aliphatic carbocycles. The van der Waals surface area contributed by atoms with Crippen molar-refractivity contribution in [3.05, 3.63) is 16.6 Å². The summed E-state index contributed by atoms with van der Waals surface area (Å²) in [5, 5.41) is 0.147. The summed E-state index contributed by atoms with van der Waals surface area (Å²) in [7, 11) is -7.22. The molecule has 0 aliphatic heterocycles. The van der Waals surface area contributed by atoms with Crippen LogP contribution in [0.1, 0.15) is 39.5 Å². The molecule has 1 aliphatic rings. The second kappa shape index (κ2) is 8.28. The summed E-state index contributed by atoms with van der Waals surface area (Å²) in [5.74, 6) is 0. The van der Waals surface area contributed by atoms with Gasteiger partial charge in [-0.1, -0.05) is 0 Å². The molecule has 0 heterocycles. The fourth-order valence-corrected chi connectivity index (χ4v) is 4.01. The summed E-state index contributed by atoms with van der Waals surface area (Å²) in [5.41, 5.74) is 4.03. The molecule has 0 aromatic heterocycles. The van der Waals surface area contributed by atoms with Crippen molar-refractivity contribution in [2.75, 3.05) is 26.1 Å². The number of hydrogen-bond acceptors (Lipinski definition) is 6. The zero-order valence-corrected chi connectivity index (χ0v) is 14.5. The molecule has 0 radical (unpaired) electrons. The largest absolute Gasteiger partial charge is 0.367 e. The lowest BCUT2D eigenvalue weighted by Gasteiger charge is -2.18. The maximum Gasteiger partial charge on any atom is 0.367 e. The van der Waals surface area contributed by atoms with E-state index in [9.17, 15) is 13.0 Å². The second-order valence-electron chi connectivity index (χ2n) is 4.68. The van der Waals surface area contributed by atoms with Crippen LogP contribution in [0.25, 0.3) is 0 Å². The SMILES string of the molecule is CCOP(=O)(OCC)C(=C=C1CCCC1)COS(C)(=O)=O. The lowest BCUT2D eigenvalue weighted by molar-refractivity contribution is 0.222. The third-order valence-corrected chi connectivity index (χ3v) is 5.51. The van der Waals surface area contributed by atoms with Gasteiger partial charge in [0.05, 0.1) is 19.5 Å². The average Bonchev–Trinajstić information content (AvgIpc) is 2.86. The Labute approximate surface area is 126 Å². The smallest absolute Gasteiger partial charge is 0.305 e. The highest BCUT2D eigenvalue weighted by Crippen LogP contribution is 2.56. The van der Waals surface area contributed by atoms with Crippen molar-refractivity contribution >= 4 is 17.7 Å². The summed E-state index contributed by atoms with van der Waals surface area (Å²) in [4.78, 5) is 0. The van der Waals surface area contributed by atoms with Crippen LogP contribution in [0.15, 0.2) is 16.6 Å². The molecule has 8 heteroatoms. The van der Waals surface area contributed by atoms with Gasteiger partial charge in [-0.05, 0) is 45.1 Å². The Bertz CT molecular complexity index is 541. The van der Waals surface area contributed by atoms with Gasteiger partial charge in [0.15, 0.2) is 0 Å². The van der Waals surface area contributed by atoms with E-state index < -0.39 is 17.7 Å². The van der Waals surface area contributed by atoms with Gasteiger partial charge in [0, 0.05) is 0 Å². The van der Waals surface area contributed by atoms with Crippen molar-refractivity contribution in [3.8, 4) is 0 Å². The lowest BCUT2D eigenvalue weighted by Crippen LogP contribution is -2.09. The van der Waals surface area contributed by atoms with Crippen molar-refractivity contribution in [2.24, 2.45) is 0 Å². The second-order valence-corrected chi connectivity index (χ2v) is 8.38. The minimum atomic E-state index is -3.65. The quantitative estimate of drug-likeness (QED) is 0.384. The summed E-state index contributed by atoms with van der Waals surface area (Å²) in [6.07, 6.45) is 4.77. The van der Waals surface area contributed by atoms with E-state index in [4.69, 9.17) is 13.2 Å². The van der Waals surface area contributed by atoms with Gasteiger partial charge in [0.25, 0.3) is 10.1 Å². The van der Waals surface area contributed by atoms with Crippen molar-refractivity contribution in [3.63, 3.8) is 0 Å². The molecular formula is C13H23O6PS. The molecule has 0 atom stereocenters. The third kappa shape index (κ3) is 6.47. The van der Waals surface area contributed by atoms with Gasteiger partial charge < -0.3 is 9.05 Å². The van der Waals surface area contributed by atoms with Gasteiger partial charge in [-0.25, -0.2) is 0 Å². The Balaban J connectivity index is 3.16. The van der Waals surface area contributed by atoms with Crippen molar-refractivity contribution < 1.29 is 26.2 Å². The molecule has 0 aromatic carbocycles. The first kappa shape index (κ1) is 18.6.